The molecule has 4 rings (SSSR count). The van der Waals surface area contributed by atoms with Crippen LogP contribution in [0.4, 0.5) is 4.39 Å². The standard InChI is InChI=1S/C18H18FN3O3S/c1-25-16-5-4-11(7-13(16)19)14-8-22-15(10-26-18(22)20-14)17(24)21-6-2-3-12(21)9-23/h4-5,7-8,10,12,23H,2-3,6,9H2,1H3/t12-/m0/s1. The van der Waals surface area contributed by atoms with Gasteiger partial charge in [-0.3, -0.25) is 9.20 Å². The minimum atomic E-state index is -0.458. The van der Waals surface area contributed by atoms with Gasteiger partial charge in [0.1, 0.15) is 5.69 Å². The fourth-order valence-electron chi connectivity index (χ4n) is 3.34. The number of aliphatic hydroxyl groups excluding tert-OH is 1. The SMILES string of the molecule is COc1ccc(-c2cn3c(C(=O)N4CCC[C@H]4CO)csc3n2)cc1F. The molecule has 2 aromatic heterocycles. The lowest BCUT2D eigenvalue weighted by Gasteiger charge is -2.22. The number of ether oxygens (including phenoxy) is 1. The highest BCUT2D eigenvalue weighted by Gasteiger charge is 2.30. The maximum atomic E-state index is 14.0. The molecule has 0 spiro atoms. The van der Waals surface area contributed by atoms with Gasteiger partial charge in [-0.1, -0.05) is 0 Å². The van der Waals surface area contributed by atoms with E-state index < -0.39 is 5.82 Å². The highest BCUT2D eigenvalue weighted by molar-refractivity contribution is 7.15. The van der Waals surface area contributed by atoms with Gasteiger partial charge in [0.05, 0.1) is 25.5 Å². The zero-order chi connectivity index (χ0) is 18.3. The molecule has 1 fully saturated rings. The number of imidazole rings is 1. The molecular weight excluding hydrogens is 357 g/mol. The van der Waals surface area contributed by atoms with Crippen LogP contribution in [0, 0.1) is 5.82 Å². The number of fused-ring (bicyclic) bond motifs is 1. The average molecular weight is 375 g/mol. The molecule has 0 bridgehead atoms. The van der Waals surface area contributed by atoms with Crippen molar-refractivity contribution < 1.29 is 19.0 Å². The van der Waals surface area contributed by atoms with Crippen LogP contribution in [0.1, 0.15) is 23.3 Å². The van der Waals surface area contributed by atoms with Crippen molar-refractivity contribution in [2.45, 2.75) is 18.9 Å². The highest BCUT2D eigenvalue weighted by Crippen LogP contribution is 2.28. The first kappa shape index (κ1) is 17.0. The molecule has 1 amide bonds. The summed E-state index contributed by atoms with van der Waals surface area (Å²) in [5, 5.41) is 11.2. The zero-order valence-electron chi connectivity index (χ0n) is 14.2. The van der Waals surface area contributed by atoms with Gasteiger partial charge in [-0.2, -0.15) is 0 Å². The van der Waals surface area contributed by atoms with Gasteiger partial charge < -0.3 is 14.7 Å². The molecule has 3 aromatic rings. The third-order valence-corrected chi connectivity index (χ3v) is 5.56. The lowest BCUT2D eigenvalue weighted by molar-refractivity contribution is 0.0671. The van der Waals surface area contributed by atoms with Crippen LogP contribution in [0.2, 0.25) is 0 Å². The molecule has 6 nitrogen and oxygen atoms in total. The van der Waals surface area contributed by atoms with Gasteiger partial charge in [-0.15, -0.1) is 11.3 Å². The first-order chi connectivity index (χ1) is 12.6. The summed E-state index contributed by atoms with van der Waals surface area (Å²) in [6, 6.07) is 4.53. The van der Waals surface area contributed by atoms with Gasteiger partial charge in [-0.25, -0.2) is 9.37 Å². The van der Waals surface area contributed by atoms with Crippen molar-refractivity contribution in [3.05, 3.63) is 41.3 Å². The number of hydrogen-bond acceptors (Lipinski definition) is 5. The van der Waals surface area contributed by atoms with Gasteiger partial charge in [0.2, 0.25) is 0 Å². The molecule has 26 heavy (non-hydrogen) atoms. The van der Waals surface area contributed by atoms with Crippen LogP contribution in [-0.4, -0.2) is 51.6 Å². The van der Waals surface area contributed by atoms with Crippen molar-refractivity contribution in [2.24, 2.45) is 0 Å². The summed E-state index contributed by atoms with van der Waals surface area (Å²) in [7, 11) is 1.42. The van der Waals surface area contributed by atoms with Gasteiger partial charge >= 0.3 is 0 Å². The third-order valence-electron chi connectivity index (χ3n) is 4.72. The molecule has 0 saturated carbocycles. The summed E-state index contributed by atoms with van der Waals surface area (Å²) in [5.41, 5.74) is 1.72. The Balaban J connectivity index is 1.69. The minimum absolute atomic E-state index is 0.0284. The van der Waals surface area contributed by atoms with E-state index in [9.17, 15) is 14.3 Å². The number of amides is 1. The largest absolute Gasteiger partial charge is 0.494 e. The first-order valence-corrected chi connectivity index (χ1v) is 9.22. The number of methoxy groups -OCH3 is 1. The minimum Gasteiger partial charge on any atom is -0.494 e. The van der Waals surface area contributed by atoms with E-state index in [1.165, 1.54) is 24.5 Å². The van der Waals surface area contributed by atoms with Crippen LogP contribution in [0.15, 0.2) is 29.8 Å². The maximum absolute atomic E-state index is 14.0. The Kier molecular flexibility index (Phi) is 4.37. The van der Waals surface area contributed by atoms with Crippen LogP contribution >= 0.6 is 11.3 Å². The van der Waals surface area contributed by atoms with Crippen molar-refractivity contribution in [3.63, 3.8) is 0 Å². The van der Waals surface area contributed by atoms with E-state index in [1.54, 1.807) is 33.0 Å². The second-order valence-electron chi connectivity index (χ2n) is 6.23. The number of hydrogen-bond donors (Lipinski definition) is 1. The second-order valence-corrected chi connectivity index (χ2v) is 7.06. The van der Waals surface area contributed by atoms with E-state index in [1.807, 2.05) is 0 Å². The lowest BCUT2D eigenvalue weighted by Crippen LogP contribution is -2.38. The molecule has 0 aliphatic carbocycles. The van der Waals surface area contributed by atoms with Crippen molar-refractivity contribution in [1.82, 2.24) is 14.3 Å². The van der Waals surface area contributed by atoms with E-state index >= 15 is 0 Å². The van der Waals surface area contributed by atoms with E-state index in [4.69, 9.17) is 4.74 Å². The first-order valence-electron chi connectivity index (χ1n) is 8.34. The topological polar surface area (TPSA) is 67.1 Å². The summed E-state index contributed by atoms with van der Waals surface area (Å²) in [4.78, 5) is 19.8. The smallest absolute Gasteiger partial charge is 0.272 e. The van der Waals surface area contributed by atoms with Gasteiger partial charge in [-0.05, 0) is 31.0 Å². The Hall–Kier alpha value is -2.45. The molecule has 1 N–H and O–H groups in total. The molecule has 1 aliphatic heterocycles. The fourth-order valence-corrected chi connectivity index (χ4v) is 4.19. The normalized spacial score (nSPS) is 17.2. The number of thiazole rings is 1. The number of benzene rings is 1. The summed E-state index contributed by atoms with van der Waals surface area (Å²) in [6.45, 7) is 0.617. The second kappa shape index (κ2) is 6.69. The van der Waals surface area contributed by atoms with Crippen LogP contribution in [0.3, 0.4) is 0 Å². The van der Waals surface area contributed by atoms with Gasteiger partial charge in [0.15, 0.2) is 16.5 Å². The molecule has 3 heterocycles. The monoisotopic (exact) mass is 375 g/mol. The van der Waals surface area contributed by atoms with Crippen LogP contribution in [0.25, 0.3) is 16.2 Å². The van der Waals surface area contributed by atoms with Crippen molar-refractivity contribution in [2.75, 3.05) is 20.3 Å². The number of aliphatic hydroxyl groups is 1. The Morgan fingerprint density at radius 3 is 3.08 bits per heavy atom. The number of carbonyl (C=O) groups excluding carboxylic acids is 1. The Labute approximate surface area is 153 Å². The molecule has 0 radical (unpaired) electrons. The predicted molar refractivity (Wildman–Crippen MR) is 96.2 cm³/mol. The average Bonchev–Trinajstić information content (AvgIpc) is 3.35. The molecule has 1 atom stereocenters. The van der Waals surface area contributed by atoms with Crippen molar-refractivity contribution in [3.8, 4) is 17.0 Å². The van der Waals surface area contributed by atoms with Gasteiger partial charge in [0, 0.05) is 23.7 Å². The molecule has 136 valence electrons. The summed E-state index contributed by atoms with van der Waals surface area (Å²) in [5.74, 6) is -0.395. The Bertz CT molecular complexity index is 968. The van der Waals surface area contributed by atoms with Crippen LogP contribution < -0.4 is 4.74 Å². The molecule has 1 saturated heterocycles. The zero-order valence-corrected chi connectivity index (χ0v) is 15.0. The van der Waals surface area contributed by atoms with E-state index in [-0.39, 0.29) is 24.3 Å². The Morgan fingerprint density at radius 2 is 2.35 bits per heavy atom. The van der Waals surface area contributed by atoms with Crippen LogP contribution in [0.5, 0.6) is 5.75 Å². The maximum Gasteiger partial charge on any atom is 0.272 e. The summed E-state index contributed by atoms with van der Waals surface area (Å²) in [6.07, 6.45) is 3.45. The number of aromatic nitrogens is 2. The quantitative estimate of drug-likeness (QED) is 0.762. The lowest BCUT2D eigenvalue weighted by atomic mass is 10.1. The van der Waals surface area contributed by atoms with Crippen molar-refractivity contribution >= 4 is 22.2 Å². The van der Waals surface area contributed by atoms with E-state index in [0.29, 0.717) is 28.5 Å². The van der Waals surface area contributed by atoms with E-state index in [0.717, 1.165) is 12.8 Å². The number of nitrogens with zero attached hydrogens (tertiary/aromatic N) is 3. The number of carbonyl (C=O) groups is 1. The molecule has 0 unspecified atom stereocenters. The molecule has 1 aliphatic rings. The Morgan fingerprint density at radius 1 is 1.50 bits per heavy atom. The van der Waals surface area contributed by atoms with Crippen molar-refractivity contribution in [1.29, 1.82) is 0 Å². The summed E-state index contributed by atoms with van der Waals surface area (Å²) < 4.78 is 20.6. The number of rotatable bonds is 4. The predicted octanol–water partition coefficient (Wildman–Crippen LogP) is 2.81. The molecular formula is C18H18FN3O3S. The molecule has 8 heteroatoms. The number of likely N-dealkylation sites (tertiary alicyclic amines) is 1. The van der Waals surface area contributed by atoms with Crippen LogP contribution in [-0.2, 0) is 0 Å². The summed E-state index contributed by atoms with van der Waals surface area (Å²) >= 11 is 1.36. The molecule has 1 aromatic carbocycles. The highest BCUT2D eigenvalue weighted by atomic mass is 32.1. The third kappa shape index (κ3) is 2.75. The fraction of sp³-hybridized carbons (Fsp3) is 0.333. The number of halogens is 1. The van der Waals surface area contributed by atoms with E-state index in [2.05, 4.69) is 4.98 Å². The van der Waals surface area contributed by atoms with Gasteiger partial charge in [0.25, 0.3) is 5.91 Å².